The van der Waals surface area contributed by atoms with Crippen molar-refractivity contribution in [2.24, 2.45) is 0 Å². The number of tetrazole rings is 1. The van der Waals surface area contributed by atoms with Crippen LogP contribution in [0.15, 0.2) is 77.6 Å². The molecule has 5 rings (SSSR count). The van der Waals surface area contributed by atoms with Crippen molar-refractivity contribution in [1.29, 1.82) is 0 Å². The topological polar surface area (TPSA) is 127 Å². The fraction of sp³-hybridized carbons (Fsp3) is 0.226. The maximum atomic E-state index is 13.9. The van der Waals surface area contributed by atoms with E-state index in [0.29, 0.717) is 37.2 Å². The lowest BCUT2D eigenvalue weighted by molar-refractivity contribution is 0.0697. The third-order valence-electron chi connectivity index (χ3n) is 6.94. The Morgan fingerprint density at radius 2 is 1.62 bits per heavy atom. The normalized spacial score (nSPS) is 11.1. The van der Waals surface area contributed by atoms with Gasteiger partial charge in [0.1, 0.15) is 5.82 Å². The maximum Gasteiger partial charge on any atom is 0.335 e. The molecule has 0 spiro atoms. The highest BCUT2D eigenvalue weighted by atomic mass is 16.4. The Balaban J connectivity index is 1.48. The van der Waals surface area contributed by atoms with E-state index < -0.39 is 5.97 Å². The predicted molar refractivity (Wildman–Crippen MR) is 152 cm³/mol. The number of H-pyrrole nitrogens is 1. The van der Waals surface area contributed by atoms with Gasteiger partial charge in [-0.15, -0.1) is 10.2 Å². The molecule has 40 heavy (non-hydrogen) atoms. The van der Waals surface area contributed by atoms with Crippen molar-refractivity contribution in [3.05, 3.63) is 117 Å². The molecule has 2 N–H and O–H groups in total. The zero-order valence-electron chi connectivity index (χ0n) is 22.5. The minimum atomic E-state index is -0.974. The lowest BCUT2D eigenvalue weighted by Gasteiger charge is -2.17. The number of benzene rings is 3. The molecule has 0 saturated carbocycles. The molecule has 0 bridgehead atoms. The number of rotatable bonds is 10. The summed E-state index contributed by atoms with van der Waals surface area (Å²) in [6, 6.07) is 22.7. The molecule has 9 nitrogen and oxygen atoms in total. The van der Waals surface area contributed by atoms with Crippen molar-refractivity contribution in [3.63, 3.8) is 0 Å². The van der Waals surface area contributed by atoms with Gasteiger partial charge in [0.2, 0.25) is 5.82 Å². The fourth-order valence-electron chi connectivity index (χ4n) is 4.88. The standard InChI is InChI=1S/C31H30N6O3/c1-3-7-28-32-27(4-2)26(18-20-10-16-23(17-11-20)31(39)40)30(38)37(28)19-21-12-14-22(15-13-21)24-8-5-6-9-25(24)29-33-35-36-34-29/h5-6,8-17H,3-4,7,18-19H2,1-2H3,(H,39,40)(H,33,34,35,36). The predicted octanol–water partition coefficient (Wildman–Crippen LogP) is 4.94. The highest BCUT2D eigenvalue weighted by Crippen LogP contribution is 2.29. The maximum absolute atomic E-state index is 13.9. The Hall–Kier alpha value is -4.92. The summed E-state index contributed by atoms with van der Waals surface area (Å²) >= 11 is 0. The summed E-state index contributed by atoms with van der Waals surface area (Å²) in [5.41, 5.74) is 6.35. The SMILES string of the molecule is CCCc1nc(CC)c(Cc2ccc(C(=O)O)cc2)c(=O)n1Cc1ccc(-c2ccccc2-c2nn[nH]n2)cc1. The van der Waals surface area contributed by atoms with Crippen molar-refractivity contribution >= 4 is 5.97 Å². The molecule has 9 heteroatoms. The summed E-state index contributed by atoms with van der Waals surface area (Å²) in [4.78, 5) is 30.1. The van der Waals surface area contributed by atoms with E-state index in [4.69, 9.17) is 4.98 Å². The van der Waals surface area contributed by atoms with E-state index in [-0.39, 0.29) is 11.1 Å². The molecular weight excluding hydrogens is 504 g/mol. The van der Waals surface area contributed by atoms with Gasteiger partial charge in [0.05, 0.1) is 17.8 Å². The van der Waals surface area contributed by atoms with Crippen LogP contribution in [0.3, 0.4) is 0 Å². The van der Waals surface area contributed by atoms with Crippen LogP contribution in [-0.2, 0) is 25.8 Å². The Morgan fingerprint density at radius 1 is 0.925 bits per heavy atom. The Bertz CT molecular complexity index is 1670. The third kappa shape index (κ3) is 5.58. The van der Waals surface area contributed by atoms with Crippen LogP contribution in [0.2, 0.25) is 0 Å². The van der Waals surface area contributed by atoms with Gasteiger partial charge in [-0.05, 0) is 52.4 Å². The smallest absolute Gasteiger partial charge is 0.335 e. The Kier molecular flexibility index (Phi) is 7.91. The molecule has 5 aromatic rings. The number of hydrogen-bond acceptors (Lipinski definition) is 6. The van der Waals surface area contributed by atoms with E-state index in [0.717, 1.165) is 45.8 Å². The minimum Gasteiger partial charge on any atom is -0.478 e. The van der Waals surface area contributed by atoms with E-state index in [1.165, 1.54) is 0 Å². The Labute approximate surface area is 231 Å². The summed E-state index contributed by atoms with van der Waals surface area (Å²) in [6.07, 6.45) is 2.61. The van der Waals surface area contributed by atoms with Gasteiger partial charge in [0, 0.05) is 24.0 Å². The van der Waals surface area contributed by atoms with Crippen LogP contribution in [0.1, 0.15) is 58.8 Å². The number of nitrogens with zero attached hydrogens (tertiary/aromatic N) is 5. The summed E-state index contributed by atoms with van der Waals surface area (Å²) in [5.74, 6) is 0.335. The second-order valence-electron chi connectivity index (χ2n) is 9.60. The number of carboxylic acid groups (broad SMARTS) is 1. The molecule has 3 aromatic carbocycles. The number of aryl methyl sites for hydroxylation is 2. The van der Waals surface area contributed by atoms with Gasteiger partial charge in [-0.1, -0.05) is 74.5 Å². The van der Waals surface area contributed by atoms with Gasteiger partial charge < -0.3 is 5.11 Å². The van der Waals surface area contributed by atoms with E-state index in [9.17, 15) is 14.7 Å². The Morgan fingerprint density at radius 3 is 2.25 bits per heavy atom. The molecule has 0 saturated heterocycles. The second kappa shape index (κ2) is 11.9. The first-order valence-corrected chi connectivity index (χ1v) is 13.3. The summed E-state index contributed by atoms with van der Waals surface area (Å²) < 4.78 is 1.78. The van der Waals surface area contributed by atoms with Crippen molar-refractivity contribution in [3.8, 4) is 22.5 Å². The van der Waals surface area contributed by atoms with E-state index in [1.807, 2.05) is 55.5 Å². The molecule has 2 aromatic heterocycles. The highest BCUT2D eigenvalue weighted by Gasteiger charge is 2.17. The number of nitrogens with one attached hydrogen (secondary N) is 1. The van der Waals surface area contributed by atoms with Gasteiger partial charge in [0.25, 0.3) is 5.56 Å². The van der Waals surface area contributed by atoms with Crippen LogP contribution in [-0.4, -0.2) is 41.3 Å². The summed E-state index contributed by atoms with van der Waals surface area (Å²) in [7, 11) is 0. The number of aromatic amines is 1. The minimum absolute atomic E-state index is 0.0517. The molecule has 2 heterocycles. The van der Waals surface area contributed by atoms with Crippen LogP contribution >= 0.6 is 0 Å². The molecular formula is C31H30N6O3. The van der Waals surface area contributed by atoms with Crippen molar-refractivity contribution in [2.45, 2.75) is 46.1 Å². The van der Waals surface area contributed by atoms with Gasteiger partial charge in [-0.3, -0.25) is 9.36 Å². The number of carboxylic acids is 1. The fourth-order valence-corrected chi connectivity index (χ4v) is 4.88. The second-order valence-corrected chi connectivity index (χ2v) is 9.60. The molecule has 0 fully saturated rings. The van der Waals surface area contributed by atoms with Gasteiger partial charge in [0.15, 0.2) is 0 Å². The molecule has 0 aliphatic rings. The first-order valence-electron chi connectivity index (χ1n) is 13.3. The zero-order valence-corrected chi connectivity index (χ0v) is 22.5. The molecule has 0 unspecified atom stereocenters. The number of aromatic nitrogens is 6. The lowest BCUT2D eigenvalue weighted by Crippen LogP contribution is -2.31. The van der Waals surface area contributed by atoms with Crippen LogP contribution in [0.5, 0.6) is 0 Å². The van der Waals surface area contributed by atoms with Gasteiger partial charge in [-0.25, -0.2) is 9.78 Å². The van der Waals surface area contributed by atoms with E-state index in [1.54, 1.807) is 28.8 Å². The number of carbonyl (C=O) groups is 1. The largest absolute Gasteiger partial charge is 0.478 e. The van der Waals surface area contributed by atoms with E-state index in [2.05, 4.69) is 27.5 Å². The summed E-state index contributed by atoms with van der Waals surface area (Å²) in [6.45, 7) is 4.49. The van der Waals surface area contributed by atoms with Crippen LogP contribution in [0.4, 0.5) is 0 Å². The monoisotopic (exact) mass is 534 g/mol. The molecule has 0 radical (unpaired) electrons. The molecule has 0 atom stereocenters. The van der Waals surface area contributed by atoms with Gasteiger partial charge in [-0.2, -0.15) is 5.21 Å². The zero-order chi connectivity index (χ0) is 28.1. The molecule has 0 aliphatic carbocycles. The van der Waals surface area contributed by atoms with Crippen molar-refractivity contribution in [1.82, 2.24) is 30.2 Å². The lowest BCUT2D eigenvalue weighted by atomic mass is 9.98. The number of hydrogen-bond donors (Lipinski definition) is 2. The highest BCUT2D eigenvalue weighted by molar-refractivity contribution is 5.87. The van der Waals surface area contributed by atoms with Crippen LogP contribution in [0, 0.1) is 0 Å². The van der Waals surface area contributed by atoms with Crippen LogP contribution < -0.4 is 5.56 Å². The quantitative estimate of drug-likeness (QED) is 0.260. The van der Waals surface area contributed by atoms with Crippen LogP contribution in [0.25, 0.3) is 22.5 Å². The first kappa shape index (κ1) is 26.7. The van der Waals surface area contributed by atoms with Crippen molar-refractivity contribution < 1.29 is 9.90 Å². The molecule has 202 valence electrons. The van der Waals surface area contributed by atoms with Gasteiger partial charge >= 0.3 is 5.97 Å². The average Bonchev–Trinajstić information content (AvgIpc) is 3.52. The average molecular weight is 535 g/mol. The first-order chi connectivity index (χ1) is 19.5. The third-order valence-corrected chi connectivity index (χ3v) is 6.94. The molecule has 0 aliphatic heterocycles. The molecule has 0 amide bonds. The number of aromatic carboxylic acids is 1. The van der Waals surface area contributed by atoms with E-state index >= 15 is 0 Å². The summed E-state index contributed by atoms with van der Waals surface area (Å²) in [5, 5.41) is 23.7. The van der Waals surface area contributed by atoms with Crippen molar-refractivity contribution in [2.75, 3.05) is 0 Å².